The second-order valence-electron chi connectivity index (χ2n) is 4.24. The zero-order valence-corrected chi connectivity index (χ0v) is 10.8. The van der Waals surface area contributed by atoms with Gasteiger partial charge in [0.2, 0.25) is 5.91 Å². The van der Waals surface area contributed by atoms with Crippen molar-refractivity contribution in [3.05, 3.63) is 21.9 Å². The quantitative estimate of drug-likeness (QED) is 0.799. The Labute approximate surface area is 101 Å². The summed E-state index contributed by atoms with van der Waals surface area (Å²) >= 11 is 1.67. The minimum atomic E-state index is 0.117. The molecule has 4 heteroatoms. The van der Waals surface area contributed by atoms with Crippen LogP contribution in [-0.4, -0.2) is 12.5 Å². The Balaban J connectivity index is 2.23. The van der Waals surface area contributed by atoms with Gasteiger partial charge in [-0.3, -0.25) is 4.79 Å². The third kappa shape index (κ3) is 4.33. The van der Waals surface area contributed by atoms with E-state index in [-0.39, 0.29) is 5.91 Å². The van der Waals surface area contributed by atoms with Crippen molar-refractivity contribution in [2.24, 2.45) is 11.7 Å². The van der Waals surface area contributed by atoms with E-state index >= 15 is 0 Å². The normalized spacial score (nSPS) is 12.4. The second-order valence-corrected chi connectivity index (χ2v) is 4.98. The van der Waals surface area contributed by atoms with Crippen LogP contribution in [0.25, 0.3) is 0 Å². The van der Waals surface area contributed by atoms with Crippen molar-refractivity contribution in [3.63, 3.8) is 0 Å². The molecule has 0 aliphatic rings. The van der Waals surface area contributed by atoms with E-state index < -0.39 is 0 Å². The van der Waals surface area contributed by atoms with Gasteiger partial charge in [0.25, 0.3) is 0 Å². The summed E-state index contributed by atoms with van der Waals surface area (Å²) in [6, 6.07) is 0. The molecule has 0 aliphatic carbocycles. The number of amides is 1. The van der Waals surface area contributed by atoms with Gasteiger partial charge in [0.05, 0.1) is 0 Å². The van der Waals surface area contributed by atoms with Crippen LogP contribution in [0.5, 0.6) is 0 Å². The largest absolute Gasteiger partial charge is 0.352 e. The van der Waals surface area contributed by atoms with E-state index in [9.17, 15) is 4.79 Å². The molecule has 0 radical (unpaired) electrons. The summed E-state index contributed by atoms with van der Waals surface area (Å²) in [5.41, 5.74) is 7.96. The highest BCUT2D eigenvalue weighted by molar-refractivity contribution is 7.08. The number of hydrogen-bond donors (Lipinski definition) is 2. The molecule has 0 saturated carbocycles. The number of hydrogen-bond acceptors (Lipinski definition) is 3. The van der Waals surface area contributed by atoms with Gasteiger partial charge in [0.15, 0.2) is 0 Å². The predicted molar refractivity (Wildman–Crippen MR) is 68.4 cm³/mol. The molecule has 0 saturated heterocycles. The molecule has 3 N–H and O–H groups in total. The minimum Gasteiger partial charge on any atom is -0.352 e. The van der Waals surface area contributed by atoms with E-state index in [0.29, 0.717) is 25.4 Å². The number of carbonyl (C=O) groups excluding carboxylic acids is 1. The fraction of sp³-hybridized carbons (Fsp3) is 0.583. The average Bonchev–Trinajstić information content (AvgIpc) is 2.69. The molecule has 1 unspecified atom stereocenters. The van der Waals surface area contributed by atoms with Crippen molar-refractivity contribution in [3.8, 4) is 0 Å². The predicted octanol–water partition coefficient (Wildman–Crippen LogP) is 2.05. The first-order valence-electron chi connectivity index (χ1n) is 5.62. The lowest BCUT2D eigenvalue weighted by atomic mass is 10.1. The number of rotatable bonds is 6. The van der Waals surface area contributed by atoms with Crippen molar-refractivity contribution >= 4 is 17.2 Å². The van der Waals surface area contributed by atoms with Gasteiger partial charge in [-0.2, -0.15) is 11.3 Å². The highest BCUT2D eigenvalue weighted by Gasteiger charge is 2.06. The third-order valence-corrected chi connectivity index (χ3v) is 3.61. The number of thiophene rings is 1. The highest BCUT2D eigenvalue weighted by Crippen LogP contribution is 2.13. The van der Waals surface area contributed by atoms with Gasteiger partial charge in [-0.05, 0) is 47.7 Å². The van der Waals surface area contributed by atoms with Crippen molar-refractivity contribution < 1.29 is 4.79 Å². The molecule has 3 nitrogen and oxygen atoms in total. The van der Waals surface area contributed by atoms with Gasteiger partial charge < -0.3 is 11.1 Å². The summed E-state index contributed by atoms with van der Waals surface area (Å²) in [5.74, 6) is 0.541. The summed E-state index contributed by atoms with van der Waals surface area (Å²) in [4.78, 5) is 11.5. The van der Waals surface area contributed by atoms with E-state index in [0.717, 1.165) is 6.42 Å². The average molecular weight is 240 g/mol. The Morgan fingerprint density at radius 2 is 2.31 bits per heavy atom. The Bertz CT molecular complexity index is 336. The van der Waals surface area contributed by atoms with Crippen molar-refractivity contribution in [2.45, 2.75) is 33.2 Å². The molecular weight excluding hydrogens is 220 g/mol. The lowest BCUT2D eigenvalue weighted by molar-refractivity contribution is -0.121. The first-order chi connectivity index (χ1) is 7.63. The molecule has 1 atom stereocenters. The third-order valence-electron chi connectivity index (χ3n) is 2.70. The summed E-state index contributed by atoms with van der Waals surface area (Å²) in [7, 11) is 0. The standard InChI is InChI=1S/C12H20N2OS/c1-9(5-13)3-4-12(15)14-6-11-8-16-7-10(11)2/h7-9H,3-6,13H2,1-2H3,(H,14,15). The second kappa shape index (κ2) is 6.66. The molecule has 0 fully saturated rings. The maximum atomic E-state index is 11.5. The lowest BCUT2D eigenvalue weighted by Crippen LogP contribution is -2.24. The summed E-state index contributed by atoms with van der Waals surface area (Å²) in [6.45, 7) is 5.42. The van der Waals surface area contributed by atoms with Crippen LogP contribution < -0.4 is 11.1 Å². The first-order valence-corrected chi connectivity index (χ1v) is 6.56. The lowest BCUT2D eigenvalue weighted by Gasteiger charge is -2.08. The summed E-state index contributed by atoms with van der Waals surface area (Å²) in [6.07, 6.45) is 1.44. The monoisotopic (exact) mass is 240 g/mol. The van der Waals surface area contributed by atoms with E-state index in [1.54, 1.807) is 11.3 Å². The van der Waals surface area contributed by atoms with Gasteiger partial charge in [0.1, 0.15) is 0 Å². The minimum absolute atomic E-state index is 0.117. The molecule has 1 aromatic heterocycles. The molecule has 0 spiro atoms. The zero-order valence-electron chi connectivity index (χ0n) is 9.95. The van der Waals surface area contributed by atoms with Crippen LogP contribution in [0.3, 0.4) is 0 Å². The highest BCUT2D eigenvalue weighted by atomic mass is 32.1. The van der Waals surface area contributed by atoms with E-state index in [4.69, 9.17) is 5.73 Å². The zero-order chi connectivity index (χ0) is 12.0. The van der Waals surface area contributed by atoms with Gasteiger partial charge in [-0.25, -0.2) is 0 Å². The maximum Gasteiger partial charge on any atom is 0.220 e. The molecule has 1 aromatic rings. The van der Waals surface area contributed by atoms with Crippen molar-refractivity contribution in [1.29, 1.82) is 0 Å². The van der Waals surface area contributed by atoms with Gasteiger partial charge in [0, 0.05) is 13.0 Å². The fourth-order valence-electron chi connectivity index (χ4n) is 1.35. The molecule has 0 bridgehead atoms. The molecular formula is C12H20N2OS. The number of nitrogens with two attached hydrogens (primary N) is 1. The molecule has 0 aromatic carbocycles. The Hall–Kier alpha value is -0.870. The van der Waals surface area contributed by atoms with Gasteiger partial charge >= 0.3 is 0 Å². The Morgan fingerprint density at radius 1 is 1.56 bits per heavy atom. The van der Waals surface area contributed by atoms with Crippen LogP contribution in [0.1, 0.15) is 30.9 Å². The summed E-state index contributed by atoms with van der Waals surface area (Å²) in [5, 5.41) is 7.11. The van der Waals surface area contributed by atoms with Crippen LogP contribution in [0.15, 0.2) is 10.8 Å². The molecule has 90 valence electrons. The number of nitrogens with one attached hydrogen (secondary N) is 1. The molecule has 1 amide bonds. The molecule has 1 heterocycles. The van der Waals surface area contributed by atoms with Crippen LogP contribution >= 0.6 is 11.3 Å². The number of aryl methyl sites for hydroxylation is 1. The van der Waals surface area contributed by atoms with E-state index in [1.165, 1.54) is 11.1 Å². The van der Waals surface area contributed by atoms with Gasteiger partial charge in [-0.15, -0.1) is 0 Å². The Morgan fingerprint density at radius 3 is 2.88 bits per heavy atom. The molecule has 0 aliphatic heterocycles. The van der Waals surface area contributed by atoms with Gasteiger partial charge in [-0.1, -0.05) is 6.92 Å². The molecule has 16 heavy (non-hydrogen) atoms. The smallest absolute Gasteiger partial charge is 0.220 e. The van der Waals surface area contributed by atoms with Crippen LogP contribution in [0, 0.1) is 12.8 Å². The first kappa shape index (κ1) is 13.2. The van der Waals surface area contributed by atoms with Crippen LogP contribution in [0.4, 0.5) is 0 Å². The van der Waals surface area contributed by atoms with Crippen LogP contribution in [0.2, 0.25) is 0 Å². The summed E-state index contributed by atoms with van der Waals surface area (Å²) < 4.78 is 0. The Kier molecular flexibility index (Phi) is 5.49. The fourth-order valence-corrected chi connectivity index (χ4v) is 2.20. The number of carbonyl (C=O) groups is 1. The topological polar surface area (TPSA) is 55.1 Å². The SMILES string of the molecule is Cc1cscc1CNC(=O)CCC(C)CN. The maximum absolute atomic E-state index is 11.5. The molecule has 1 rings (SSSR count). The van der Waals surface area contributed by atoms with Crippen LogP contribution in [-0.2, 0) is 11.3 Å². The van der Waals surface area contributed by atoms with E-state index in [2.05, 4.69) is 29.9 Å². The van der Waals surface area contributed by atoms with Crippen molar-refractivity contribution in [1.82, 2.24) is 5.32 Å². The van der Waals surface area contributed by atoms with Crippen molar-refractivity contribution in [2.75, 3.05) is 6.54 Å². The van der Waals surface area contributed by atoms with E-state index in [1.807, 2.05) is 0 Å².